The number of nitrogens with one attached hydrogen (secondary N) is 1. The van der Waals surface area contributed by atoms with E-state index in [0.29, 0.717) is 26.2 Å². The second kappa shape index (κ2) is 7.47. The number of rotatable bonds is 5. The number of alkyl halides is 3. The van der Waals surface area contributed by atoms with Gasteiger partial charge in [-0.1, -0.05) is 12.1 Å². The highest BCUT2D eigenvalue weighted by Gasteiger charge is 2.31. The molecule has 0 bridgehead atoms. The monoisotopic (exact) mass is 365 g/mol. The fraction of sp³-hybridized carbons (Fsp3) is 0.571. The van der Waals surface area contributed by atoms with Crippen LogP contribution < -0.4 is 5.32 Å². The van der Waals surface area contributed by atoms with E-state index in [1.807, 2.05) is 24.3 Å². The van der Waals surface area contributed by atoms with Gasteiger partial charge in [-0.15, -0.1) is 0 Å². The van der Waals surface area contributed by atoms with Crippen LogP contribution in [0, 0.1) is 0 Å². The SMILES string of the molecule is FC(F)(F)CN1CCN(CCNc2ccccc2Br)CC1. The standard InChI is InChI=1S/C14H19BrF3N3/c15-12-3-1-2-4-13(12)19-5-6-20-7-9-21(10-8-20)11-14(16,17)18/h1-4,19H,5-11H2. The molecule has 21 heavy (non-hydrogen) atoms. The molecule has 3 nitrogen and oxygen atoms in total. The lowest BCUT2D eigenvalue weighted by atomic mass is 10.3. The number of benzene rings is 1. The van der Waals surface area contributed by atoms with Crippen molar-refractivity contribution in [2.24, 2.45) is 0 Å². The van der Waals surface area contributed by atoms with Crippen LogP contribution in [-0.2, 0) is 0 Å². The molecule has 1 saturated heterocycles. The first-order valence-corrected chi connectivity index (χ1v) is 7.73. The average molecular weight is 366 g/mol. The molecule has 0 atom stereocenters. The third-order valence-electron chi connectivity index (χ3n) is 3.49. The van der Waals surface area contributed by atoms with Crippen LogP contribution >= 0.6 is 15.9 Å². The Morgan fingerprint density at radius 2 is 1.67 bits per heavy atom. The summed E-state index contributed by atoms with van der Waals surface area (Å²) in [6, 6.07) is 7.88. The fourth-order valence-corrected chi connectivity index (χ4v) is 2.80. The molecule has 1 N–H and O–H groups in total. The minimum atomic E-state index is -4.09. The van der Waals surface area contributed by atoms with Gasteiger partial charge in [-0.05, 0) is 28.1 Å². The summed E-state index contributed by atoms with van der Waals surface area (Å²) in [6.45, 7) is 3.16. The third kappa shape index (κ3) is 5.84. The second-order valence-corrected chi connectivity index (χ2v) is 5.99. The van der Waals surface area contributed by atoms with E-state index in [1.54, 1.807) is 0 Å². The van der Waals surface area contributed by atoms with Crippen LogP contribution in [0.15, 0.2) is 28.7 Å². The maximum absolute atomic E-state index is 12.3. The van der Waals surface area contributed by atoms with E-state index in [2.05, 4.69) is 26.1 Å². The highest BCUT2D eigenvalue weighted by atomic mass is 79.9. The maximum atomic E-state index is 12.3. The highest BCUT2D eigenvalue weighted by Crippen LogP contribution is 2.21. The summed E-state index contributed by atoms with van der Waals surface area (Å²) in [5, 5.41) is 3.33. The van der Waals surface area contributed by atoms with Gasteiger partial charge >= 0.3 is 6.18 Å². The van der Waals surface area contributed by atoms with Crippen LogP contribution in [0.4, 0.5) is 18.9 Å². The first-order chi connectivity index (χ1) is 9.94. The summed E-state index contributed by atoms with van der Waals surface area (Å²) in [4.78, 5) is 3.66. The molecule has 1 aromatic rings. The van der Waals surface area contributed by atoms with E-state index < -0.39 is 12.7 Å². The zero-order valence-corrected chi connectivity index (χ0v) is 13.3. The van der Waals surface area contributed by atoms with Crippen molar-refractivity contribution in [2.75, 3.05) is 51.1 Å². The van der Waals surface area contributed by atoms with Crippen molar-refractivity contribution in [3.8, 4) is 0 Å². The van der Waals surface area contributed by atoms with Gasteiger partial charge in [0.05, 0.1) is 6.54 Å². The Morgan fingerprint density at radius 1 is 1.05 bits per heavy atom. The van der Waals surface area contributed by atoms with Crippen molar-refractivity contribution in [1.82, 2.24) is 9.80 Å². The number of hydrogen-bond donors (Lipinski definition) is 1. The first-order valence-electron chi connectivity index (χ1n) is 6.94. The highest BCUT2D eigenvalue weighted by molar-refractivity contribution is 9.10. The van der Waals surface area contributed by atoms with E-state index in [0.717, 1.165) is 23.2 Å². The zero-order chi connectivity index (χ0) is 15.3. The summed E-state index contributed by atoms with van der Waals surface area (Å²) >= 11 is 3.47. The molecule has 7 heteroatoms. The number of para-hydroxylation sites is 1. The van der Waals surface area contributed by atoms with Gasteiger partial charge in [-0.2, -0.15) is 13.2 Å². The quantitative estimate of drug-likeness (QED) is 0.864. The predicted octanol–water partition coefficient (Wildman–Crippen LogP) is 3.04. The van der Waals surface area contributed by atoms with Gasteiger partial charge in [0.1, 0.15) is 0 Å². The molecular formula is C14H19BrF3N3. The van der Waals surface area contributed by atoms with Crippen molar-refractivity contribution >= 4 is 21.6 Å². The normalized spacial score (nSPS) is 17.9. The summed E-state index contributed by atoms with van der Waals surface area (Å²) in [6.07, 6.45) is -4.09. The van der Waals surface area contributed by atoms with Crippen molar-refractivity contribution in [3.05, 3.63) is 28.7 Å². The molecule has 0 saturated carbocycles. The molecule has 1 fully saturated rings. The third-order valence-corrected chi connectivity index (χ3v) is 4.18. The smallest absolute Gasteiger partial charge is 0.383 e. The van der Waals surface area contributed by atoms with E-state index in [1.165, 1.54) is 4.90 Å². The predicted molar refractivity (Wildman–Crippen MR) is 81.6 cm³/mol. The van der Waals surface area contributed by atoms with E-state index >= 15 is 0 Å². The Hall–Kier alpha value is -0.790. The number of hydrogen-bond acceptors (Lipinski definition) is 3. The Bertz CT molecular complexity index is 445. The summed E-state index contributed by atoms with van der Waals surface area (Å²) in [5.41, 5.74) is 1.04. The topological polar surface area (TPSA) is 18.5 Å². The van der Waals surface area contributed by atoms with Crippen molar-refractivity contribution < 1.29 is 13.2 Å². The Kier molecular flexibility index (Phi) is 5.89. The molecule has 0 spiro atoms. The molecule has 0 aliphatic carbocycles. The lowest BCUT2D eigenvalue weighted by molar-refractivity contribution is -0.149. The molecule has 1 aromatic carbocycles. The van der Waals surface area contributed by atoms with Crippen LogP contribution in [0.2, 0.25) is 0 Å². The molecule has 1 aliphatic heterocycles. The van der Waals surface area contributed by atoms with Gasteiger partial charge in [0, 0.05) is 49.4 Å². The summed E-state index contributed by atoms with van der Waals surface area (Å²) in [7, 11) is 0. The van der Waals surface area contributed by atoms with Crippen LogP contribution in [0.5, 0.6) is 0 Å². The van der Waals surface area contributed by atoms with Gasteiger partial charge in [-0.3, -0.25) is 9.80 Å². The molecule has 0 aromatic heterocycles. The number of halogens is 4. The molecule has 2 rings (SSSR count). The van der Waals surface area contributed by atoms with Crippen LogP contribution in [0.3, 0.4) is 0 Å². The summed E-state index contributed by atoms with van der Waals surface area (Å²) < 4.78 is 37.9. The number of piperazine rings is 1. The zero-order valence-electron chi connectivity index (χ0n) is 11.7. The largest absolute Gasteiger partial charge is 0.401 e. The van der Waals surface area contributed by atoms with Crippen LogP contribution in [0.1, 0.15) is 0 Å². The molecular weight excluding hydrogens is 347 g/mol. The van der Waals surface area contributed by atoms with Gasteiger partial charge in [0.25, 0.3) is 0 Å². The van der Waals surface area contributed by atoms with E-state index in [4.69, 9.17) is 0 Å². The van der Waals surface area contributed by atoms with Gasteiger partial charge < -0.3 is 5.32 Å². The minimum absolute atomic E-state index is 0.481. The van der Waals surface area contributed by atoms with Crippen molar-refractivity contribution in [1.29, 1.82) is 0 Å². The number of anilines is 1. The number of nitrogens with zero attached hydrogens (tertiary/aromatic N) is 2. The van der Waals surface area contributed by atoms with Gasteiger partial charge in [0.15, 0.2) is 0 Å². The molecule has 0 unspecified atom stereocenters. The Labute approximate surface area is 131 Å². The Morgan fingerprint density at radius 3 is 2.29 bits per heavy atom. The van der Waals surface area contributed by atoms with Crippen LogP contribution in [0.25, 0.3) is 0 Å². The summed E-state index contributed by atoms with van der Waals surface area (Å²) in [5.74, 6) is 0. The van der Waals surface area contributed by atoms with Gasteiger partial charge in [-0.25, -0.2) is 0 Å². The first kappa shape index (κ1) is 16.6. The van der Waals surface area contributed by atoms with Crippen LogP contribution in [-0.4, -0.2) is 61.8 Å². The van der Waals surface area contributed by atoms with Gasteiger partial charge in [0.2, 0.25) is 0 Å². The van der Waals surface area contributed by atoms with Crippen molar-refractivity contribution in [2.45, 2.75) is 6.18 Å². The molecule has 1 heterocycles. The van der Waals surface area contributed by atoms with E-state index in [9.17, 15) is 13.2 Å². The maximum Gasteiger partial charge on any atom is 0.401 e. The average Bonchev–Trinajstić information content (AvgIpc) is 2.41. The second-order valence-electron chi connectivity index (χ2n) is 5.14. The molecule has 0 amide bonds. The lowest BCUT2D eigenvalue weighted by Gasteiger charge is -2.35. The molecule has 0 radical (unpaired) electrons. The lowest BCUT2D eigenvalue weighted by Crippen LogP contribution is -2.50. The molecule has 118 valence electrons. The Balaban J connectivity index is 1.66. The van der Waals surface area contributed by atoms with Crippen molar-refractivity contribution in [3.63, 3.8) is 0 Å². The molecule has 1 aliphatic rings. The minimum Gasteiger partial charge on any atom is -0.383 e. The van der Waals surface area contributed by atoms with E-state index in [-0.39, 0.29) is 0 Å². The fourth-order valence-electron chi connectivity index (χ4n) is 2.38.